The molecular weight excluding hydrogens is 252 g/mol. The molecule has 0 unspecified atom stereocenters. The zero-order valence-electron chi connectivity index (χ0n) is 11.7. The van der Waals surface area contributed by atoms with E-state index >= 15 is 0 Å². The number of rotatable bonds is 2. The van der Waals surface area contributed by atoms with Crippen LogP contribution < -0.4 is 5.32 Å². The van der Waals surface area contributed by atoms with Gasteiger partial charge in [-0.25, -0.2) is 9.59 Å². The maximum atomic E-state index is 11.9. The van der Waals surface area contributed by atoms with Crippen LogP contribution in [0, 0.1) is 0 Å². The molecule has 7 nitrogen and oxygen atoms in total. The van der Waals surface area contributed by atoms with E-state index in [1.54, 1.807) is 27.8 Å². The van der Waals surface area contributed by atoms with Crippen molar-refractivity contribution in [3.05, 3.63) is 0 Å². The summed E-state index contributed by atoms with van der Waals surface area (Å²) in [5, 5.41) is 20.9. The van der Waals surface area contributed by atoms with Crippen LogP contribution in [0.25, 0.3) is 0 Å². The molecule has 0 aromatic rings. The minimum Gasteiger partial charge on any atom is -0.465 e. The fourth-order valence-electron chi connectivity index (χ4n) is 2.17. The first kappa shape index (κ1) is 15.6. The molecule has 3 N–H and O–H groups in total. The third-order valence-corrected chi connectivity index (χ3v) is 3.00. The second-order valence-electron chi connectivity index (χ2n) is 5.84. The maximum Gasteiger partial charge on any atom is 0.410 e. The second-order valence-corrected chi connectivity index (χ2v) is 5.84. The Labute approximate surface area is 112 Å². The topological polar surface area (TPSA) is 99.1 Å². The lowest BCUT2D eigenvalue weighted by molar-refractivity contribution is 0.00833. The molecule has 1 aliphatic rings. The van der Waals surface area contributed by atoms with Gasteiger partial charge in [0.25, 0.3) is 0 Å². The molecule has 0 heterocycles. The Morgan fingerprint density at radius 2 is 1.89 bits per heavy atom. The lowest BCUT2D eigenvalue weighted by atomic mass is 10.2. The largest absolute Gasteiger partial charge is 0.465 e. The van der Waals surface area contributed by atoms with Gasteiger partial charge in [-0.3, -0.25) is 0 Å². The van der Waals surface area contributed by atoms with E-state index in [4.69, 9.17) is 9.84 Å². The molecule has 1 aliphatic carbocycles. The number of ether oxygens (including phenoxy) is 1. The van der Waals surface area contributed by atoms with Gasteiger partial charge in [0.15, 0.2) is 0 Å². The minimum absolute atomic E-state index is 0.296. The van der Waals surface area contributed by atoms with Crippen molar-refractivity contribution in [2.75, 3.05) is 7.05 Å². The fraction of sp³-hybridized carbons (Fsp3) is 0.833. The highest BCUT2D eigenvalue weighted by Crippen LogP contribution is 2.25. The molecule has 1 saturated carbocycles. The third-order valence-electron chi connectivity index (χ3n) is 3.00. The zero-order chi connectivity index (χ0) is 14.8. The highest BCUT2D eigenvalue weighted by atomic mass is 16.6. The third kappa shape index (κ3) is 4.59. The quantitative estimate of drug-likeness (QED) is 0.698. The number of nitrogens with zero attached hydrogens (tertiary/aromatic N) is 1. The summed E-state index contributed by atoms with van der Waals surface area (Å²) in [7, 11) is 1.55. The van der Waals surface area contributed by atoms with Crippen LogP contribution >= 0.6 is 0 Å². The van der Waals surface area contributed by atoms with Gasteiger partial charge in [-0.1, -0.05) is 0 Å². The minimum atomic E-state index is -1.13. The first-order valence-corrected chi connectivity index (χ1v) is 6.23. The Bertz CT molecular complexity index is 353. The molecule has 7 heteroatoms. The van der Waals surface area contributed by atoms with Gasteiger partial charge in [-0.05, 0) is 33.6 Å². The van der Waals surface area contributed by atoms with Crippen molar-refractivity contribution < 1.29 is 24.5 Å². The molecule has 0 aliphatic heterocycles. The first-order valence-electron chi connectivity index (χ1n) is 6.23. The van der Waals surface area contributed by atoms with Crippen LogP contribution in [-0.4, -0.2) is 58.1 Å². The van der Waals surface area contributed by atoms with Crippen molar-refractivity contribution in [3.8, 4) is 0 Å². The van der Waals surface area contributed by atoms with Crippen molar-refractivity contribution >= 4 is 12.2 Å². The van der Waals surface area contributed by atoms with E-state index in [0.29, 0.717) is 12.8 Å². The predicted octanol–water partition coefficient (Wildman–Crippen LogP) is 1.01. The molecule has 0 spiro atoms. The summed E-state index contributed by atoms with van der Waals surface area (Å²) in [5.41, 5.74) is -0.604. The SMILES string of the molecule is CN(C(=O)OC(C)(C)C)[C@H]1C[C@@H](NC(=O)O)C[C@@H]1O. The summed E-state index contributed by atoms with van der Waals surface area (Å²) in [6.07, 6.45) is -1.73. The summed E-state index contributed by atoms with van der Waals surface area (Å²) in [6, 6.07) is -0.783. The molecule has 0 aromatic carbocycles. The number of carbonyl (C=O) groups excluding carboxylic acids is 1. The Morgan fingerprint density at radius 1 is 1.32 bits per heavy atom. The van der Waals surface area contributed by atoms with Crippen LogP contribution in [0.3, 0.4) is 0 Å². The predicted molar refractivity (Wildman–Crippen MR) is 68.0 cm³/mol. The fourth-order valence-corrected chi connectivity index (χ4v) is 2.17. The number of carbonyl (C=O) groups is 2. The summed E-state index contributed by atoms with van der Waals surface area (Å²) < 4.78 is 5.22. The van der Waals surface area contributed by atoms with Gasteiger partial charge >= 0.3 is 12.2 Å². The van der Waals surface area contributed by atoms with Crippen molar-refractivity contribution in [3.63, 3.8) is 0 Å². The molecule has 0 radical (unpaired) electrons. The number of amides is 2. The molecule has 0 aromatic heterocycles. The Kier molecular flexibility index (Phi) is 4.62. The molecule has 110 valence electrons. The van der Waals surface area contributed by atoms with E-state index in [-0.39, 0.29) is 6.04 Å². The van der Waals surface area contributed by atoms with Gasteiger partial charge in [0.2, 0.25) is 0 Å². The number of hydrogen-bond donors (Lipinski definition) is 3. The molecule has 1 fully saturated rings. The van der Waals surface area contributed by atoms with Crippen molar-refractivity contribution in [1.82, 2.24) is 10.2 Å². The van der Waals surface area contributed by atoms with E-state index in [1.165, 1.54) is 4.90 Å². The van der Waals surface area contributed by atoms with Crippen LogP contribution in [0.2, 0.25) is 0 Å². The Morgan fingerprint density at radius 3 is 2.37 bits per heavy atom. The monoisotopic (exact) mass is 274 g/mol. The number of nitrogens with one attached hydrogen (secondary N) is 1. The average Bonchev–Trinajstić information content (AvgIpc) is 2.54. The highest BCUT2D eigenvalue weighted by molar-refractivity contribution is 5.68. The average molecular weight is 274 g/mol. The molecule has 0 bridgehead atoms. The maximum absolute atomic E-state index is 11.9. The van der Waals surface area contributed by atoms with Crippen LogP contribution in [-0.2, 0) is 4.74 Å². The molecule has 2 amide bonds. The van der Waals surface area contributed by atoms with E-state index in [0.717, 1.165) is 0 Å². The molecule has 3 atom stereocenters. The summed E-state index contributed by atoms with van der Waals surface area (Å²) in [6.45, 7) is 5.29. The van der Waals surface area contributed by atoms with Gasteiger partial charge in [0.05, 0.1) is 12.1 Å². The summed E-state index contributed by atoms with van der Waals surface area (Å²) in [4.78, 5) is 23.8. The number of aliphatic hydroxyl groups is 1. The summed E-state index contributed by atoms with van der Waals surface area (Å²) >= 11 is 0. The van der Waals surface area contributed by atoms with E-state index in [1.807, 2.05) is 0 Å². The Hall–Kier alpha value is -1.50. The normalized spacial score (nSPS) is 26.9. The van der Waals surface area contributed by atoms with E-state index in [9.17, 15) is 14.7 Å². The first-order chi connectivity index (χ1) is 8.60. The second kappa shape index (κ2) is 5.64. The molecule has 1 rings (SSSR count). The molecular formula is C12H22N2O5. The Balaban J connectivity index is 2.60. The van der Waals surface area contributed by atoms with Gasteiger partial charge in [-0.2, -0.15) is 0 Å². The highest BCUT2D eigenvalue weighted by Gasteiger charge is 2.39. The van der Waals surface area contributed by atoms with Gasteiger partial charge in [-0.15, -0.1) is 0 Å². The van der Waals surface area contributed by atoms with Crippen LogP contribution in [0.5, 0.6) is 0 Å². The van der Waals surface area contributed by atoms with Crippen molar-refractivity contribution in [2.45, 2.75) is 57.4 Å². The number of hydrogen-bond acceptors (Lipinski definition) is 4. The van der Waals surface area contributed by atoms with Crippen LogP contribution in [0.1, 0.15) is 33.6 Å². The number of carboxylic acid groups (broad SMARTS) is 1. The number of aliphatic hydroxyl groups excluding tert-OH is 1. The zero-order valence-corrected chi connectivity index (χ0v) is 11.7. The van der Waals surface area contributed by atoms with Gasteiger partial charge < -0.3 is 25.2 Å². The van der Waals surface area contributed by atoms with Gasteiger partial charge in [0.1, 0.15) is 5.60 Å². The number of likely N-dealkylation sites (N-methyl/N-ethyl adjacent to an activating group) is 1. The van der Waals surface area contributed by atoms with Gasteiger partial charge in [0, 0.05) is 13.1 Å². The summed E-state index contributed by atoms with van der Waals surface area (Å²) in [5.74, 6) is 0. The lowest BCUT2D eigenvalue weighted by Gasteiger charge is -2.30. The van der Waals surface area contributed by atoms with Crippen LogP contribution in [0.4, 0.5) is 9.59 Å². The smallest absolute Gasteiger partial charge is 0.410 e. The van der Waals surface area contributed by atoms with E-state index in [2.05, 4.69) is 5.32 Å². The van der Waals surface area contributed by atoms with Crippen molar-refractivity contribution in [2.24, 2.45) is 0 Å². The van der Waals surface area contributed by atoms with Crippen molar-refractivity contribution in [1.29, 1.82) is 0 Å². The molecule has 19 heavy (non-hydrogen) atoms. The van der Waals surface area contributed by atoms with E-state index < -0.39 is 29.9 Å². The lowest BCUT2D eigenvalue weighted by Crippen LogP contribution is -2.44. The van der Waals surface area contributed by atoms with Crippen LogP contribution in [0.15, 0.2) is 0 Å². The molecule has 0 saturated heterocycles. The standard InChI is InChI=1S/C12H22N2O5/c1-12(2,3)19-11(18)14(4)8-5-7(6-9(8)15)13-10(16)17/h7-9,13,15H,5-6H2,1-4H3,(H,16,17)/t7-,8+,9+/m1/s1.